The highest BCUT2D eigenvalue weighted by Gasteiger charge is 2.40. The summed E-state index contributed by atoms with van der Waals surface area (Å²) in [5, 5.41) is 16.2. The highest BCUT2D eigenvalue weighted by molar-refractivity contribution is 14.1. The first kappa shape index (κ1) is 14.2. The zero-order valence-corrected chi connectivity index (χ0v) is 12.5. The number of amides is 1. The van der Waals surface area contributed by atoms with E-state index < -0.39 is 11.1 Å². The maximum atomic E-state index is 12.1. The Morgan fingerprint density at radius 1 is 1.38 bits per heavy atom. The van der Waals surface area contributed by atoms with Gasteiger partial charge in [-0.2, -0.15) is 0 Å². The number of hydroxylamine groups is 2. The molecule has 4 nitrogen and oxygen atoms in total. The Balaban J connectivity index is 2.75. The second-order valence-corrected chi connectivity index (χ2v) is 6.49. The Morgan fingerprint density at radius 3 is 2.19 bits per heavy atom. The van der Waals surface area contributed by atoms with Crippen LogP contribution in [0.1, 0.15) is 40.5 Å². The fourth-order valence-electron chi connectivity index (χ4n) is 2.63. The summed E-state index contributed by atoms with van der Waals surface area (Å²) in [6.07, 6.45) is 1.42. The fourth-order valence-corrected chi connectivity index (χ4v) is 2.85. The lowest BCUT2D eigenvalue weighted by atomic mass is 9.79. The summed E-state index contributed by atoms with van der Waals surface area (Å²) in [4.78, 5) is 11.4. The summed E-state index contributed by atoms with van der Waals surface area (Å²) >= 11 is 2.05. The van der Waals surface area contributed by atoms with Crippen LogP contribution in [0.25, 0.3) is 0 Å². The molecule has 1 fully saturated rings. The van der Waals surface area contributed by atoms with Crippen LogP contribution < -0.4 is 5.32 Å². The topological polar surface area (TPSA) is 55.4 Å². The third-order valence-corrected chi connectivity index (χ3v) is 3.77. The smallest absolute Gasteiger partial charge is 0.230 e. The monoisotopic (exact) mass is 339 g/mol. The van der Waals surface area contributed by atoms with Gasteiger partial charge in [0.05, 0.1) is 4.43 Å². The molecule has 0 unspecified atom stereocenters. The third kappa shape index (κ3) is 3.07. The molecule has 1 aliphatic rings. The van der Waals surface area contributed by atoms with E-state index in [-0.39, 0.29) is 11.9 Å². The molecular formula is C11H20IN2O2-. The quantitative estimate of drug-likeness (QED) is 0.619. The number of piperidine rings is 1. The molecule has 0 aromatic carbocycles. The van der Waals surface area contributed by atoms with Crippen LogP contribution >= 0.6 is 22.6 Å². The molecule has 1 amide bonds. The molecule has 0 radical (unpaired) electrons. The lowest BCUT2D eigenvalue weighted by Gasteiger charge is -2.60. The van der Waals surface area contributed by atoms with Crippen molar-refractivity contribution in [1.29, 1.82) is 0 Å². The molecule has 1 saturated heterocycles. The van der Waals surface area contributed by atoms with Crippen molar-refractivity contribution in [2.24, 2.45) is 0 Å². The average molecular weight is 339 g/mol. The molecule has 0 spiro atoms. The van der Waals surface area contributed by atoms with Crippen LogP contribution in [0.3, 0.4) is 0 Å². The molecule has 94 valence electrons. The highest BCUT2D eigenvalue weighted by Crippen LogP contribution is 2.37. The largest absolute Gasteiger partial charge is 0.784 e. The minimum Gasteiger partial charge on any atom is -0.784 e. The van der Waals surface area contributed by atoms with Gasteiger partial charge < -0.3 is 15.6 Å². The first-order valence-corrected chi connectivity index (χ1v) is 7.04. The van der Waals surface area contributed by atoms with Crippen molar-refractivity contribution < 1.29 is 4.79 Å². The van der Waals surface area contributed by atoms with Crippen LogP contribution in [0.4, 0.5) is 0 Å². The van der Waals surface area contributed by atoms with Crippen LogP contribution in [0, 0.1) is 5.21 Å². The number of hydrogen-bond donors (Lipinski definition) is 1. The molecule has 5 heteroatoms. The van der Waals surface area contributed by atoms with Gasteiger partial charge in [-0.05, 0) is 40.5 Å². The minimum atomic E-state index is -0.412. The van der Waals surface area contributed by atoms with Gasteiger partial charge in [0.1, 0.15) is 0 Å². The zero-order valence-electron chi connectivity index (χ0n) is 10.3. The third-order valence-electron chi connectivity index (χ3n) is 3.08. The number of carbonyl (C=O) groups is 1. The van der Waals surface area contributed by atoms with Gasteiger partial charge >= 0.3 is 0 Å². The van der Waals surface area contributed by atoms with E-state index >= 15 is 0 Å². The van der Waals surface area contributed by atoms with Gasteiger partial charge in [0.15, 0.2) is 0 Å². The number of nitrogens with zero attached hydrogens (tertiary/aromatic N) is 1. The molecule has 1 heterocycles. The summed E-state index contributed by atoms with van der Waals surface area (Å²) in [6.45, 7) is 7.74. The van der Waals surface area contributed by atoms with E-state index in [1.54, 1.807) is 0 Å². The van der Waals surface area contributed by atoms with Crippen molar-refractivity contribution in [3.63, 3.8) is 0 Å². The molecule has 16 heavy (non-hydrogen) atoms. The Morgan fingerprint density at radius 2 is 1.81 bits per heavy atom. The number of halogens is 1. The second kappa shape index (κ2) is 4.78. The van der Waals surface area contributed by atoms with E-state index in [4.69, 9.17) is 0 Å². The first-order chi connectivity index (χ1) is 7.19. The van der Waals surface area contributed by atoms with Crippen molar-refractivity contribution in [2.75, 3.05) is 4.43 Å². The average Bonchev–Trinajstić information content (AvgIpc) is 2.13. The summed E-state index contributed by atoms with van der Waals surface area (Å²) in [5.41, 5.74) is -0.823. The maximum absolute atomic E-state index is 12.1. The molecule has 1 aliphatic heterocycles. The van der Waals surface area contributed by atoms with E-state index in [1.807, 2.05) is 50.3 Å². The predicted molar refractivity (Wildman–Crippen MR) is 73.4 cm³/mol. The number of hydrogen-bond acceptors (Lipinski definition) is 3. The van der Waals surface area contributed by atoms with E-state index in [2.05, 4.69) is 5.32 Å². The van der Waals surface area contributed by atoms with Gasteiger partial charge in [0.2, 0.25) is 5.91 Å². The molecule has 1 N–H and O–H groups in total. The number of nitrogens with one attached hydrogen (secondary N) is 1. The van der Waals surface area contributed by atoms with Crippen molar-refractivity contribution in [2.45, 2.75) is 57.7 Å². The maximum Gasteiger partial charge on any atom is 0.230 e. The van der Waals surface area contributed by atoms with Crippen molar-refractivity contribution in [3.8, 4) is 0 Å². The van der Waals surface area contributed by atoms with E-state index in [9.17, 15) is 10.0 Å². The zero-order chi connectivity index (χ0) is 12.6. The molecule has 0 aromatic rings. The number of alkyl halides is 1. The Kier molecular flexibility index (Phi) is 4.23. The summed E-state index contributed by atoms with van der Waals surface area (Å²) in [5.74, 6) is 0.0524. The van der Waals surface area contributed by atoms with Gasteiger partial charge in [-0.15, -0.1) is 0 Å². The second-order valence-electron chi connectivity index (χ2n) is 5.73. The molecule has 0 aromatic heterocycles. The van der Waals surface area contributed by atoms with Crippen LogP contribution in [0.15, 0.2) is 0 Å². The Hall–Kier alpha value is 0.120. The van der Waals surface area contributed by atoms with Gasteiger partial charge in [-0.3, -0.25) is 4.79 Å². The van der Waals surface area contributed by atoms with Crippen molar-refractivity contribution in [1.82, 2.24) is 10.4 Å². The number of rotatable bonds is 2. The van der Waals surface area contributed by atoms with Crippen LogP contribution in [0.2, 0.25) is 0 Å². The van der Waals surface area contributed by atoms with Crippen LogP contribution in [0.5, 0.6) is 0 Å². The highest BCUT2D eigenvalue weighted by atomic mass is 127. The van der Waals surface area contributed by atoms with Crippen LogP contribution in [-0.2, 0) is 4.79 Å². The van der Waals surface area contributed by atoms with Gasteiger partial charge in [-0.25, -0.2) is 0 Å². The van der Waals surface area contributed by atoms with Crippen LogP contribution in [-0.4, -0.2) is 32.5 Å². The minimum absolute atomic E-state index is 0.0524. The molecule has 1 rings (SSSR count). The van der Waals surface area contributed by atoms with Gasteiger partial charge in [-0.1, -0.05) is 22.6 Å². The Labute approximate surface area is 111 Å². The fraction of sp³-hybridized carbons (Fsp3) is 0.909. The lowest BCUT2D eigenvalue weighted by molar-refractivity contribution is -0.120. The first-order valence-electron chi connectivity index (χ1n) is 5.52. The lowest BCUT2D eigenvalue weighted by Crippen LogP contribution is -2.62. The van der Waals surface area contributed by atoms with E-state index in [0.717, 1.165) is 0 Å². The molecular weight excluding hydrogens is 319 g/mol. The Bertz CT molecular complexity index is 261. The molecule has 0 aliphatic carbocycles. The standard InChI is InChI=1S/C11H20IN2O2/c1-10(2)5-8(13-9(15)7-12)6-11(3,4)14(10)16/h8H,5-7H2,1-4H3,(H,13,15)/q-1. The number of carbonyl (C=O) groups excluding carboxylic acids is 1. The summed E-state index contributed by atoms with van der Waals surface area (Å²) in [7, 11) is 0. The molecule has 0 atom stereocenters. The molecule has 0 bridgehead atoms. The van der Waals surface area contributed by atoms with E-state index in [1.165, 1.54) is 5.06 Å². The van der Waals surface area contributed by atoms with Crippen molar-refractivity contribution >= 4 is 28.5 Å². The van der Waals surface area contributed by atoms with Gasteiger partial charge in [0.25, 0.3) is 0 Å². The molecule has 0 saturated carbocycles. The SMILES string of the molecule is CC1(C)CC(NC(=O)CI)CC(C)(C)N1[O-]. The van der Waals surface area contributed by atoms with Crippen molar-refractivity contribution in [3.05, 3.63) is 5.21 Å². The van der Waals surface area contributed by atoms with Gasteiger partial charge in [0, 0.05) is 17.1 Å². The predicted octanol–water partition coefficient (Wildman–Crippen LogP) is 2.06. The summed E-state index contributed by atoms with van der Waals surface area (Å²) in [6, 6.07) is 0.109. The summed E-state index contributed by atoms with van der Waals surface area (Å²) < 4.78 is 0.468. The normalized spacial score (nSPS) is 25.4. The van der Waals surface area contributed by atoms with E-state index in [0.29, 0.717) is 17.3 Å².